The van der Waals surface area contributed by atoms with E-state index in [9.17, 15) is 9.59 Å². The molecule has 1 unspecified atom stereocenters. The number of ether oxygens (including phenoxy) is 1. The molecule has 0 aromatic heterocycles. The minimum Gasteiger partial charge on any atom is -0.464 e. The predicted octanol–water partition coefficient (Wildman–Crippen LogP) is 0.246. The number of carbonyl (C=O) groups excluding carboxylic acids is 2. The topological polar surface area (TPSA) is 58.6 Å². The van der Waals surface area contributed by atoms with Crippen molar-refractivity contribution in [3.05, 3.63) is 0 Å². The Morgan fingerprint density at radius 2 is 2.22 bits per heavy atom. The summed E-state index contributed by atoms with van der Waals surface area (Å²) in [6.07, 6.45) is 2.31. The zero-order valence-corrected chi connectivity index (χ0v) is 11.5. The van der Waals surface area contributed by atoms with Gasteiger partial charge in [0.1, 0.15) is 6.04 Å². The van der Waals surface area contributed by atoms with Crippen molar-refractivity contribution in [1.82, 2.24) is 10.2 Å². The highest BCUT2D eigenvalue weighted by atomic mass is 32.2. The molecule has 2 fully saturated rings. The van der Waals surface area contributed by atoms with Gasteiger partial charge in [-0.3, -0.25) is 4.79 Å². The van der Waals surface area contributed by atoms with Gasteiger partial charge in [-0.1, -0.05) is 0 Å². The summed E-state index contributed by atoms with van der Waals surface area (Å²) < 4.78 is 5.03. The molecule has 0 radical (unpaired) electrons. The lowest BCUT2D eigenvalue weighted by Gasteiger charge is -2.33. The van der Waals surface area contributed by atoms with E-state index in [-0.39, 0.29) is 11.9 Å². The second-order valence-electron chi connectivity index (χ2n) is 4.59. The van der Waals surface area contributed by atoms with Crippen LogP contribution in [-0.4, -0.2) is 60.1 Å². The number of carbonyl (C=O) groups is 2. The molecule has 1 atom stereocenters. The quantitative estimate of drug-likeness (QED) is 0.727. The standard InChI is InChI=1S/C12H20N2O3S/c1-2-17-12(16)10-8-18-6-5-14(10)11(15)7-13-9-3-4-9/h9-10,13H,2-8H2,1H3. The van der Waals surface area contributed by atoms with Gasteiger partial charge in [-0.05, 0) is 19.8 Å². The maximum Gasteiger partial charge on any atom is 0.329 e. The van der Waals surface area contributed by atoms with Crippen molar-refractivity contribution in [3.63, 3.8) is 0 Å². The number of esters is 1. The van der Waals surface area contributed by atoms with Gasteiger partial charge in [-0.25, -0.2) is 4.79 Å². The number of nitrogens with zero attached hydrogens (tertiary/aromatic N) is 1. The van der Waals surface area contributed by atoms with Crippen LogP contribution in [0.5, 0.6) is 0 Å². The zero-order valence-electron chi connectivity index (χ0n) is 10.7. The Hall–Kier alpha value is -0.750. The Balaban J connectivity index is 1.88. The summed E-state index contributed by atoms with van der Waals surface area (Å²) in [6, 6.07) is 0.103. The molecule has 0 aromatic carbocycles. The van der Waals surface area contributed by atoms with Crippen molar-refractivity contribution < 1.29 is 14.3 Å². The van der Waals surface area contributed by atoms with Crippen LogP contribution in [-0.2, 0) is 14.3 Å². The molecule has 1 heterocycles. The van der Waals surface area contributed by atoms with E-state index in [1.807, 2.05) is 0 Å². The van der Waals surface area contributed by atoms with Crippen LogP contribution in [0.3, 0.4) is 0 Å². The van der Waals surface area contributed by atoms with Crippen molar-refractivity contribution in [2.75, 3.05) is 31.2 Å². The fourth-order valence-electron chi connectivity index (χ4n) is 1.96. The van der Waals surface area contributed by atoms with E-state index in [0.717, 1.165) is 18.6 Å². The van der Waals surface area contributed by atoms with Crippen LogP contribution in [0, 0.1) is 0 Å². The highest BCUT2D eigenvalue weighted by Gasteiger charge is 2.34. The fourth-order valence-corrected chi connectivity index (χ4v) is 2.99. The average molecular weight is 272 g/mol. The molecule has 1 aliphatic heterocycles. The van der Waals surface area contributed by atoms with E-state index in [1.54, 1.807) is 23.6 Å². The minimum atomic E-state index is -0.405. The van der Waals surface area contributed by atoms with Gasteiger partial charge in [0, 0.05) is 24.1 Å². The molecule has 1 saturated heterocycles. The van der Waals surface area contributed by atoms with Gasteiger partial charge >= 0.3 is 5.97 Å². The molecule has 2 aliphatic rings. The third-order valence-corrected chi connectivity index (χ3v) is 4.15. The van der Waals surface area contributed by atoms with Gasteiger partial charge in [-0.15, -0.1) is 0 Å². The first-order valence-electron chi connectivity index (χ1n) is 6.49. The molecule has 0 bridgehead atoms. The molecular weight excluding hydrogens is 252 g/mol. The Kier molecular flexibility index (Phi) is 4.88. The molecule has 1 saturated carbocycles. The van der Waals surface area contributed by atoms with Gasteiger partial charge in [0.15, 0.2) is 0 Å². The van der Waals surface area contributed by atoms with Crippen molar-refractivity contribution in [1.29, 1.82) is 0 Å². The number of hydrogen-bond donors (Lipinski definition) is 1. The summed E-state index contributed by atoms with van der Waals surface area (Å²) in [7, 11) is 0. The lowest BCUT2D eigenvalue weighted by atomic mass is 10.2. The third kappa shape index (κ3) is 3.62. The van der Waals surface area contributed by atoms with E-state index in [4.69, 9.17) is 4.74 Å². The van der Waals surface area contributed by atoms with Crippen LogP contribution >= 0.6 is 11.8 Å². The summed E-state index contributed by atoms with van der Waals surface area (Å²) in [5.74, 6) is 1.28. The maximum absolute atomic E-state index is 12.1. The van der Waals surface area contributed by atoms with Gasteiger partial charge in [0.25, 0.3) is 0 Å². The Morgan fingerprint density at radius 3 is 2.89 bits per heavy atom. The van der Waals surface area contributed by atoms with Crippen LogP contribution in [0.4, 0.5) is 0 Å². The number of hydrogen-bond acceptors (Lipinski definition) is 5. The Bertz CT molecular complexity index is 320. The molecule has 6 heteroatoms. The predicted molar refractivity (Wildman–Crippen MR) is 70.5 cm³/mol. The van der Waals surface area contributed by atoms with E-state index in [0.29, 0.717) is 31.5 Å². The van der Waals surface area contributed by atoms with Crippen molar-refractivity contribution in [2.45, 2.75) is 31.8 Å². The second kappa shape index (κ2) is 6.43. The monoisotopic (exact) mass is 272 g/mol. The number of thioether (sulfide) groups is 1. The summed E-state index contributed by atoms with van der Waals surface area (Å²) >= 11 is 1.70. The molecule has 2 rings (SSSR count). The molecule has 1 amide bonds. The summed E-state index contributed by atoms with van der Waals surface area (Å²) in [4.78, 5) is 25.6. The number of rotatable bonds is 5. The highest BCUT2D eigenvalue weighted by molar-refractivity contribution is 7.99. The van der Waals surface area contributed by atoms with Crippen LogP contribution in [0.1, 0.15) is 19.8 Å². The smallest absolute Gasteiger partial charge is 0.329 e. The van der Waals surface area contributed by atoms with Crippen LogP contribution in [0.15, 0.2) is 0 Å². The number of amides is 1. The second-order valence-corrected chi connectivity index (χ2v) is 5.73. The Labute approximate surface area is 112 Å². The van der Waals surface area contributed by atoms with E-state index in [2.05, 4.69) is 5.32 Å². The zero-order chi connectivity index (χ0) is 13.0. The summed E-state index contributed by atoms with van der Waals surface area (Å²) in [5.41, 5.74) is 0. The highest BCUT2D eigenvalue weighted by Crippen LogP contribution is 2.20. The van der Waals surface area contributed by atoms with Crippen LogP contribution in [0.2, 0.25) is 0 Å². The maximum atomic E-state index is 12.1. The molecule has 102 valence electrons. The van der Waals surface area contributed by atoms with Gasteiger partial charge in [0.2, 0.25) is 5.91 Å². The summed E-state index contributed by atoms with van der Waals surface area (Å²) in [5, 5.41) is 3.20. The molecule has 5 nitrogen and oxygen atoms in total. The fraction of sp³-hybridized carbons (Fsp3) is 0.833. The first-order chi connectivity index (χ1) is 8.72. The van der Waals surface area contributed by atoms with E-state index in [1.165, 1.54) is 0 Å². The molecular formula is C12H20N2O3S. The van der Waals surface area contributed by atoms with E-state index < -0.39 is 6.04 Å². The third-order valence-electron chi connectivity index (χ3n) is 3.13. The van der Waals surface area contributed by atoms with Crippen LogP contribution in [0.25, 0.3) is 0 Å². The summed E-state index contributed by atoms with van der Waals surface area (Å²) in [6.45, 7) is 3.13. The minimum absolute atomic E-state index is 0.0141. The number of nitrogens with one attached hydrogen (secondary N) is 1. The van der Waals surface area contributed by atoms with Gasteiger partial charge in [-0.2, -0.15) is 11.8 Å². The van der Waals surface area contributed by atoms with Crippen molar-refractivity contribution in [2.24, 2.45) is 0 Å². The normalized spacial score (nSPS) is 23.8. The molecule has 0 spiro atoms. The van der Waals surface area contributed by atoms with Gasteiger partial charge < -0.3 is 15.0 Å². The Morgan fingerprint density at radius 1 is 1.44 bits per heavy atom. The lowest BCUT2D eigenvalue weighted by Crippen LogP contribution is -2.53. The molecule has 0 aromatic rings. The first kappa shape index (κ1) is 13.7. The largest absolute Gasteiger partial charge is 0.464 e. The van der Waals surface area contributed by atoms with Crippen molar-refractivity contribution >= 4 is 23.6 Å². The lowest BCUT2D eigenvalue weighted by molar-refractivity contribution is -0.153. The molecule has 1 N–H and O–H groups in total. The molecule has 1 aliphatic carbocycles. The van der Waals surface area contributed by atoms with Crippen molar-refractivity contribution in [3.8, 4) is 0 Å². The van der Waals surface area contributed by atoms with E-state index >= 15 is 0 Å². The first-order valence-corrected chi connectivity index (χ1v) is 7.65. The SMILES string of the molecule is CCOC(=O)C1CSCCN1C(=O)CNC1CC1. The molecule has 18 heavy (non-hydrogen) atoms. The average Bonchev–Trinajstić information content (AvgIpc) is 3.20. The van der Waals surface area contributed by atoms with Gasteiger partial charge in [0.05, 0.1) is 13.2 Å². The van der Waals surface area contributed by atoms with Crippen LogP contribution < -0.4 is 5.32 Å².